The summed E-state index contributed by atoms with van der Waals surface area (Å²) in [6, 6.07) is 7.07. The average Bonchev–Trinajstić information content (AvgIpc) is 3.35. The number of hydrogen-bond donors (Lipinski definition) is 3. The number of nitrogens with zero attached hydrogens (tertiary/aromatic N) is 1. The monoisotopic (exact) mass is 592 g/mol. The van der Waals surface area contributed by atoms with Gasteiger partial charge in [0.2, 0.25) is 11.8 Å². The molecule has 0 unspecified atom stereocenters. The van der Waals surface area contributed by atoms with E-state index in [0.717, 1.165) is 0 Å². The van der Waals surface area contributed by atoms with Gasteiger partial charge in [-0.1, -0.05) is 29.3 Å². The molecule has 10 nitrogen and oxygen atoms in total. The van der Waals surface area contributed by atoms with Crippen LogP contribution >= 0.6 is 23.2 Å². The van der Waals surface area contributed by atoms with Crippen LogP contribution in [0.3, 0.4) is 0 Å². The molecule has 0 aromatic heterocycles. The van der Waals surface area contributed by atoms with Gasteiger partial charge >= 0.3 is 0 Å². The van der Waals surface area contributed by atoms with Crippen molar-refractivity contribution in [2.24, 2.45) is 0 Å². The molecule has 0 radical (unpaired) electrons. The first kappa shape index (κ1) is 29.8. The second-order valence-corrected chi connectivity index (χ2v) is 10.2. The van der Waals surface area contributed by atoms with Gasteiger partial charge in [0, 0.05) is 36.9 Å². The molecule has 0 saturated heterocycles. The lowest BCUT2D eigenvalue weighted by atomic mass is 9.77. The Labute approximate surface area is 241 Å². The van der Waals surface area contributed by atoms with Crippen LogP contribution in [0.1, 0.15) is 33.8 Å². The van der Waals surface area contributed by atoms with Crippen LogP contribution in [0, 0.1) is 0 Å². The third-order valence-corrected chi connectivity index (χ3v) is 7.69. The Bertz CT molecular complexity index is 1320. The lowest BCUT2D eigenvalue weighted by Crippen LogP contribution is -2.55. The van der Waals surface area contributed by atoms with E-state index in [1.54, 1.807) is 30.3 Å². The lowest BCUT2D eigenvalue weighted by Gasteiger charge is -2.40. The van der Waals surface area contributed by atoms with Crippen molar-refractivity contribution in [2.45, 2.75) is 37.1 Å². The number of rotatable bonds is 11. The summed E-state index contributed by atoms with van der Waals surface area (Å²) in [7, 11) is 2.90. The Hall–Kier alpha value is -3.15. The number of aliphatic hydroxyl groups excluding tert-OH is 2. The number of hydrogen-bond acceptors (Lipinski definition) is 8. The highest BCUT2D eigenvalue weighted by molar-refractivity contribution is 6.42. The van der Waals surface area contributed by atoms with Crippen molar-refractivity contribution < 1.29 is 38.8 Å². The van der Waals surface area contributed by atoms with E-state index in [4.69, 9.17) is 37.4 Å². The van der Waals surface area contributed by atoms with Gasteiger partial charge in [-0.15, -0.1) is 0 Å². The highest BCUT2D eigenvalue weighted by atomic mass is 35.5. The van der Waals surface area contributed by atoms with Crippen LogP contribution in [0.15, 0.2) is 42.0 Å². The Morgan fingerprint density at radius 3 is 2.60 bits per heavy atom. The van der Waals surface area contributed by atoms with Crippen LogP contribution in [-0.4, -0.2) is 85.4 Å². The maximum Gasteiger partial charge on any atom is 0.247 e. The summed E-state index contributed by atoms with van der Waals surface area (Å²) < 4.78 is 16.7. The van der Waals surface area contributed by atoms with E-state index < -0.39 is 30.1 Å². The van der Waals surface area contributed by atoms with Gasteiger partial charge in [-0.2, -0.15) is 0 Å². The van der Waals surface area contributed by atoms with Crippen LogP contribution in [0.2, 0.25) is 10.0 Å². The largest absolute Gasteiger partial charge is 0.493 e. The lowest BCUT2D eigenvalue weighted by molar-refractivity contribution is -0.139. The van der Waals surface area contributed by atoms with Crippen molar-refractivity contribution in [2.75, 3.05) is 34.0 Å². The third kappa shape index (κ3) is 5.96. The summed E-state index contributed by atoms with van der Waals surface area (Å²) in [4.78, 5) is 39.9. The highest BCUT2D eigenvalue weighted by Crippen LogP contribution is 2.51. The smallest absolute Gasteiger partial charge is 0.247 e. The molecule has 1 aliphatic carbocycles. The van der Waals surface area contributed by atoms with Crippen molar-refractivity contribution >= 4 is 41.3 Å². The van der Waals surface area contributed by atoms with Gasteiger partial charge < -0.3 is 34.6 Å². The Morgan fingerprint density at radius 2 is 1.95 bits per heavy atom. The molecule has 0 fully saturated rings. The van der Waals surface area contributed by atoms with Gasteiger partial charge in [0.25, 0.3) is 0 Å². The zero-order valence-corrected chi connectivity index (χ0v) is 23.4. The zero-order valence-electron chi connectivity index (χ0n) is 21.9. The molecule has 0 spiro atoms. The first-order valence-corrected chi connectivity index (χ1v) is 13.3. The molecule has 214 valence electrons. The van der Waals surface area contributed by atoms with Crippen molar-refractivity contribution in [1.29, 1.82) is 0 Å². The van der Waals surface area contributed by atoms with Crippen molar-refractivity contribution in [3.63, 3.8) is 0 Å². The summed E-state index contributed by atoms with van der Waals surface area (Å²) in [5.74, 6) is -1.04. The van der Waals surface area contributed by atoms with E-state index in [2.05, 4.69) is 5.32 Å². The minimum Gasteiger partial charge on any atom is -0.493 e. The summed E-state index contributed by atoms with van der Waals surface area (Å²) in [6.45, 7) is -0.0980. The normalized spacial score (nSPS) is 21.0. The number of aliphatic hydroxyl groups is 2. The molecular formula is C28H30Cl2N2O8. The molecule has 2 amide bonds. The van der Waals surface area contributed by atoms with Crippen LogP contribution < -0.4 is 14.8 Å². The van der Waals surface area contributed by atoms with Crippen LogP contribution in [0.4, 0.5) is 0 Å². The molecule has 0 saturated carbocycles. The summed E-state index contributed by atoms with van der Waals surface area (Å²) >= 11 is 12.3. The maximum atomic E-state index is 13.5. The van der Waals surface area contributed by atoms with Crippen LogP contribution in [0.5, 0.6) is 11.5 Å². The molecule has 1 aliphatic heterocycles. The molecule has 4 rings (SSSR count). The fraction of sp³-hybridized carbons (Fsp3) is 0.393. The minimum atomic E-state index is -1.27. The van der Waals surface area contributed by atoms with Gasteiger partial charge in [0.05, 0.1) is 48.7 Å². The molecule has 4 atom stereocenters. The molecule has 3 N–H and O–H groups in total. The quantitative estimate of drug-likeness (QED) is 0.339. The molecule has 40 heavy (non-hydrogen) atoms. The van der Waals surface area contributed by atoms with Gasteiger partial charge in [-0.3, -0.25) is 14.4 Å². The van der Waals surface area contributed by atoms with Crippen LogP contribution in [0.25, 0.3) is 0 Å². The molecule has 2 aromatic rings. The average molecular weight is 593 g/mol. The van der Waals surface area contributed by atoms with Gasteiger partial charge in [0.15, 0.2) is 11.5 Å². The van der Waals surface area contributed by atoms with Gasteiger partial charge in [-0.25, -0.2) is 0 Å². The molecule has 1 heterocycles. The molecule has 0 bridgehead atoms. The summed E-state index contributed by atoms with van der Waals surface area (Å²) in [6.07, 6.45) is -0.0418. The number of aldehydes is 1. The van der Waals surface area contributed by atoms with E-state index in [1.807, 2.05) is 0 Å². The van der Waals surface area contributed by atoms with Crippen molar-refractivity contribution in [3.05, 3.63) is 68.7 Å². The van der Waals surface area contributed by atoms with Crippen molar-refractivity contribution in [1.82, 2.24) is 10.2 Å². The van der Waals surface area contributed by atoms with E-state index in [-0.39, 0.29) is 50.0 Å². The second-order valence-electron chi connectivity index (χ2n) is 9.42. The Morgan fingerprint density at radius 1 is 1.18 bits per heavy atom. The first-order valence-electron chi connectivity index (χ1n) is 12.6. The maximum absolute atomic E-state index is 13.5. The number of carbonyl (C=O) groups excluding carboxylic acids is 3. The van der Waals surface area contributed by atoms with Crippen molar-refractivity contribution in [3.8, 4) is 11.5 Å². The SMILES string of the molecule is COCCC(=O)N(Cc1ccc(Cl)c(Cl)c1)[C@@H]1C=C(C(=O)NCCO)[C@@H]2c3cc(C=O)cc(OC)c3O[C@@H]2[C@H]1O. The number of halogens is 2. The molecule has 2 aliphatic rings. The number of methoxy groups -OCH3 is 2. The number of benzene rings is 2. The van der Waals surface area contributed by atoms with Gasteiger partial charge in [0.1, 0.15) is 18.5 Å². The molecular weight excluding hydrogens is 563 g/mol. The number of nitrogens with one attached hydrogen (secondary N) is 1. The predicted molar refractivity (Wildman–Crippen MR) is 147 cm³/mol. The first-order chi connectivity index (χ1) is 19.2. The predicted octanol–water partition coefficient (Wildman–Crippen LogP) is 2.50. The van der Waals surface area contributed by atoms with Gasteiger partial charge in [-0.05, 0) is 35.9 Å². The number of ether oxygens (including phenoxy) is 3. The van der Waals surface area contributed by atoms with E-state index >= 15 is 0 Å². The minimum absolute atomic E-state index is 0.00799. The Kier molecular flexibility index (Phi) is 9.70. The van der Waals surface area contributed by atoms with Crippen LogP contribution in [-0.2, 0) is 20.9 Å². The Balaban J connectivity index is 1.82. The second kappa shape index (κ2) is 13.0. The highest BCUT2D eigenvalue weighted by Gasteiger charge is 2.51. The van der Waals surface area contributed by atoms with E-state index in [0.29, 0.717) is 38.8 Å². The molecule has 2 aromatic carbocycles. The zero-order chi connectivity index (χ0) is 29.0. The van der Waals surface area contributed by atoms with E-state index in [1.165, 1.54) is 25.2 Å². The number of amides is 2. The molecule has 12 heteroatoms. The number of fused-ring (bicyclic) bond motifs is 3. The fourth-order valence-electron chi connectivity index (χ4n) is 5.09. The fourth-order valence-corrected chi connectivity index (χ4v) is 5.41. The summed E-state index contributed by atoms with van der Waals surface area (Å²) in [5.41, 5.74) is 1.68. The van der Waals surface area contributed by atoms with E-state index in [9.17, 15) is 24.6 Å². The topological polar surface area (TPSA) is 135 Å². The standard InChI is InChI=1S/C28H30Cl2N2O8/c1-38-8-5-23(35)32(13-15-3-4-19(29)20(30)10-15)21-12-18(28(37)31-6-7-33)24-17-9-16(14-34)11-22(39-2)26(17)40-27(24)25(21)36/h3-4,9-12,14,21,24-25,27,33,36H,5-8,13H2,1-2H3,(H,31,37)/t21-,24+,25+,27+/m1/s1. The summed E-state index contributed by atoms with van der Waals surface area (Å²) in [5, 5.41) is 24.3. The third-order valence-electron chi connectivity index (χ3n) is 6.95. The number of carbonyl (C=O) groups is 3.